The summed E-state index contributed by atoms with van der Waals surface area (Å²) < 4.78 is 45.4. The lowest BCUT2D eigenvalue weighted by Gasteiger charge is -2.36. The molecular weight excluding hydrogens is 429 g/mol. The maximum atomic E-state index is 13.3. The molecular formula is C25H29F3N4O. The van der Waals surface area contributed by atoms with E-state index in [0.717, 1.165) is 51.9 Å². The Morgan fingerprint density at radius 3 is 2.36 bits per heavy atom. The number of hydrogen-bond donors (Lipinski definition) is 0. The Bertz CT molecular complexity index is 1010. The van der Waals surface area contributed by atoms with E-state index in [9.17, 15) is 13.2 Å². The maximum absolute atomic E-state index is 13.3. The lowest BCUT2D eigenvalue weighted by atomic mass is 10.0. The molecule has 3 aromatic rings. The average Bonchev–Trinajstić information content (AvgIpc) is 3.30. The summed E-state index contributed by atoms with van der Waals surface area (Å²) in [5.74, 6) is 0.567. The zero-order valence-electron chi connectivity index (χ0n) is 18.8. The Morgan fingerprint density at radius 1 is 0.970 bits per heavy atom. The van der Waals surface area contributed by atoms with Crippen LogP contribution in [0.4, 0.5) is 18.9 Å². The molecule has 1 fully saturated rings. The summed E-state index contributed by atoms with van der Waals surface area (Å²) in [7, 11) is 0. The molecule has 0 spiro atoms. The smallest absolute Gasteiger partial charge is 0.369 e. The van der Waals surface area contributed by atoms with Crippen LogP contribution in [0.2, 0.25) is 0 Å². The predicted octanol–water partition coefficient (Wildman–Crippen LogP) is 5.00. The number of likely N-dealkylation sites (N-methyl/N-ethyl adjacent to an activating group) is 1. The summed E-state index contributed by atoms with van der Waals surface area (Å²) in [4.78, 5) is 7.08. The second kappa shape index (κ2) is 10.4. The molecule has 8 heteroatoms. The third-order valence-electron chi connectivity index (χ3n) is 6.12. The highest BCUT2D eigenvalue weighted by atomic mass is 19.4. The summed E-state index contributed by atoms with van der Waals surface area (Å²) in [5, 5.41) is 3.92. The Hall–Kier alpha value is -2.84. The van der Waals surface area contributed by atoms with E-state index < -0.39 is 11.7 Å². The standard InChI is InChI=1S/C25H29F3N4O/c1-2-30(12-13-31-14-16-32(17-15-31)20-8-4-3-5-9-20)19-21-18-24(29-33-21)22-10-6-7-11-23(22)25(26,27)28/h3-11,18H,2,12-17,19H2,1H3. The highest BCUT2D eigenvalue weighted by molar-refractivity contribution is 5.64. The summed E-state index contributed by atoms with van der Waals surface area (Å²) in [6.45, 7) is 9.22. The van der Waals surface area contributed by atoms with E-state index in [1.807, 2.05) is 6.07 Å². The first-order chi connectivity index (χ1) is 15.9. The zero-order valence-corrected chi connectivity index (χ0v) is 18.8. The van der Waals surface area contributed by atoms with Gasteiger partial charge in [-0.05, 0) is 24.7 Å². The van der Waals surface area contributed by atoms with Crippen LogP contribution in [0.15, 0.2) is 65.2 Å². The predicted molar refractivity (Wildman–Crippen MR) is 123 cm³/mol. The molecule has 0 aliphatic carbocycles. The molecule has 0 bridgehead atoms. The van der Waals surface area contributed by atoms with E-state index in [2.05, 4.69) is 51.0 Å². The summed E-state index contributed by atoms with van der Waals surface area (Å²) >= 11 is 0. The topological polar surface area (TPSA) is 35.8 Å². The summed E-state index contributed by atoms with van der Waals surface area (Å²) in [5.41, 5.74) is 0.817. The molecule has 5 nitrogen and oxygen atoms in total. The molecule has 0 N–H and O–H groups in total. The first kappa shape index (κ1) is 23.3. The number of rotatable bonds is 8. The highest BCUT2D eigenvalue weighted by Crippen LogP contribution is 2.36. The number of halogens is 3. The van der Waals surface area contributed by atoms with Crippen LogP contribution in [0.1, 0.15) is 18.2 Å². The van der Waals surface area contributed by atoms with Gasteiger partial charge in [-0.1, -0.05) is 48.5 Å². The second-order valence-corrected chi connectivity index (χ2v) is 8.25. The van der Waals surface area contributed by atoms with Crippen LogP contribution in [0.5, 0.6) is 0 Å². The molecule has 1 aromatic heterocycles. The minimum Gasteiger partial charge on any atom is -0.369 e. The van der Waals surface area contributed by atoms with Gasteiger partial charge >= 0.3 is 6.18 Å². The number of hydrogen-bond acceptors (Lipinski definition) is 5. The number of piperazine rings is 1. The molecule has 0 radical (unpaired) electrons. The number of anilines is 1. The minimum absolute atomic E-state index is 0.0411. The van der Waals surface area contributed by atoms with Gasteiger partial charge in [0.05, 0.1) is 12.1 Å². The molecule has 1 aliphatic rings. The van der Waals surface area contributed by atoms with E-state index in [4.69, 9.17) is 4.52 Å². The largest absolute Gasteiger partial charge is 0.417 e. The van der Waals surface area contributed by atoms with E-state index in [1.165, 1.54) is 17.8 Å². The second-order valence-electron chi connectivity index (χ2n) is 8.25. The number of nitrogens with zero attached hydrogens (tertiary/aromatic N) is 4. The molecule has 176 valence electrons. The SMILES string of the molecule is CCN(CCN1CCN(c2ccccc2)CC1)Cc1cc(-c2ccccc2C(F)(F)F)no1. The van der Waals surface area contributed by atoms with Crippen molar-refractivity contribution in [3.05, 3.63) is 72.0 Å². The Balaban J connectivity index is 1.31. The van der Waals surface area contributed by atoms with Crippen molar-refractivity contribution in [3.63, 3.8) is 0 Å². The van der Waals surface area contributed by atoms with E-state index in [1.54, 1.807) is 12.1 Å². The number of para-hydroxylation sites is 1. The van der Waals surface area contributed by atoms with Gasteiger partial charge < -0.3 is 9.42 Å². The van der Waals surface area contributed by atoms with Crippen LogP contribution in [0.25, 0.3) is 11.3 Å². The number of aromatic nitrogens is 1. The van der Waals surface area contributed by atoms with Crippen LogP contribution in [-0.4, -0.2) is 60.8 Å². The number of benzene rings is 2. The zero-order chi connectivity index (χ0) is 23.3. The van der Waals surface area contributed by atoms with Crippen molar-refractivity contribution >= 4 is 5.69 Å². The highest BCUT2D eigenvalue weighted by Gasteiger charge is 2.34. The van der Waals surface area contributed by atoms with Gasteiger partial charge in [-0.15, -0.1) is 0 Å². The molecule has 0 unspecified atom stereocenters. The lowest BCUT2D eigenvalue weighted by Crippen LogP contribution is -2.48. The molecule has 2 heterocycles. The van der Waals surface area contributed by atoms with Gasteiger partial charge in [0, 0.05) is 56.6 Å². The normalized spacial score (nSPS) is 15.4. The van der Waals surface area contributed by atoms with Gasteiger partial charge in [0.15, 0.2) is 5.76 Å². The van der Waals surface area contributed by atoms with Crippen LogP contribution < -0.4 is 4.90 Å². The van der Waals surface area contributed by atoms with E-state index in [-0.39, 0.29) is 11.3 Å². The van der Waals surface area contributed by atoms with Crippen molar-refractivity contribution in [1.82, 2.24) is 15.0 Å². The van der Waals surface area contributed by atoms with Crippen molar-refractivity contribution in [2.24, 2.45) is 0 Å². The summed E-state index contributed by atoms with van der Waals surface area (Å²) in [6, 6.07) is 17.5. The van der Waals surface area contributed by atoms with Gasteiger partial charge in [-0.25, -0.2) is 0 Å². The van der Waals surface area contributed by atoms with Gasteiger partial charge in [0.25, 0.3) is 0 Å². The third-order valence-corrected chi connectivity index (χ3v) is 6.12. The molecule has 0 amide bonds. The van der Waals surface area contributed by atoms with Crippen LogP contribution in [-0.2, 0) is 12.7 Å². The molecule has 2 aromatic carbocycles. The monoisotopic (exact) mass is 458 g/mol. The Kier molecular flexibility index (Phi) is 7.35. The number of alkyl halides is 3. The lowest BCUT2D eigenvalue weighted by molar-refractivity contribution is -0.137. The van der Waals surface area contributed by atoms with Gasteiger partial charge in [-0.2, -0.15) is 13.2 Å². The molecule has 4 rings (SSSR count). The molecule has 0 atom stereocenters. The van der Waals surface area contributed by atoms with E-state index in [0.29, 0.717) is 12.3 Å². The molecule has 33 heavy (non-hydrogen) atoms. The van der Waals surface area contributed by atoms with E-state index >= 15 is 0 Å². The first-order valence-electron chi connectivity index (χ1n) is 11.3. The first-order valence-corrected chi connectivity index (χ1v) is 11.3. The Labute approximate surface area is 192 Å². The van der Waals surface area contributed by atoms with Gasteiger partial charge in [-0.3, -0.25) is 9.80 Å². The molecule has 0 saturated carbocycles. The average molecular weight is 459 g/mol. The van der Waals surface area contributed by atoms with Crippen molar-refractivity contribution in [3.8, 4) is 11.3 Å². The van der Waals surface area contributed by atoms with Crippen LogP contribution >= 0.6 is 0 Å². The van der Waals surface area contributed by atoms with Crippen LogP contribution in [0, 0.1) is 0 Å². The minimum atomic E-state index is -4.43. The maximum Gasteiger partial charge on any atom is 0.417 e. The van der Waals surface area contributed by atoms with Crippen molar-refractivity contribution in [1.29, 1.82) is 0 Å². The van der Waals surface area contributed by atoms with Crippen molar-refractivity contribution in [2.45, 2.75) is 19.6 Å². The van der Waals surface area contributed by atoms with Crippen molar-refractivity contribution in [2.75, 3.05) is 50.7 Å². The van der Waals surface area contributed by atoms with Gasteiger partial charge in [0.2, 0.25) is 0 Å². The quantitative estimate of drug-likeness (QED) is 0.475. The third kappa shape index (κ3) is 5.94. The molecule has 1 aliphatic heterocycles. The van der Waals surface area contributed by atoms with Crippen molar-refractivity contribution < 1.29 is 17.7 Å². The molecule has 1 saturated heterocycles. The Morgan fingerprint density at radius 2 is 1.67 bits per heavy atom. The fraction of sp³-hybridized carbons (Fsp3) is 0.400. The fourth-order valence-corrected chi connectivity index (χ4v) is 4.19. The fourth-order valence-electron chi connectivity index (χ4n) is 4.19. The summed E-state index contributed by atoms with van der Waals surface area (Å²) in [6.07, 6.45) is -4.43. The van der Waals surface area contributed by atoms with Gasteiger partial charge in [0.1, 0.15) is 5.69 Å². The van der Waals surface area contributed by atoms with Crippen LogP contribution in [0.3, 0.4) is 0 Å².